The van der Waals surface area contributed by atoms with Crippen LogP contribution in [0.5, 0.6) is 0 Å². The lowest BCUT2D eigenvalue weighted by atomic mass is 9.97. The number of morpholine rings is 1. The van der Waals surface area contributed by atoms with Gasteiger partial charge in [0, 0.05) is 13.1 Å². The molecule has 0 amide bonds. The SMILES string of the molecule is FC(F)=C(F)C(F)(F)OC(C(F)(F)F)(C(F)(F)F)C(F)(F)N1CCOCC1. The Kier molecular flexibility index (Phi) is 6.40. The Morgan fingerprint density at radius 3 is 1.48 bits per heavy atom. The normalized spacial score (nSPS) is 18.6. The molecule has 1 rings (SSSR count). The fourth-order valence-electron chi connectivity index (χ4n) is 2.09. The summed E-state index contributed by atoms with van der Waals surface area (Å²) in [6.45, 7) is -4.17. The molecule has 0 saturated carbocycles. The van der Waals surface area contributed by atoms with Crippen molar-refractivity contribution < 1.29 is 66.5 Å². The summed E-state index contributed by atoms with van der Waals surface area (Å²) < 4.78 is 177. The van der Waals surface area contributed by atoms with E-state index in [1.807, 2.05) is 0 Å². The van der Waals surface area contributed by atoms with Crippen LogP contribution in [0.25, 0.3) is 0 Å². The van der Waals surface area contributed by atoms with Crippen molar-refractivity contribution in [3.63, 3.8) is 0 Å². The molecule has 0 bridgehead atoms. The zero-order valence-corrected chi connectivity index (χ0v) is 12.5. The molecule has 0 atom stereocenters. The number of hydrogen-bond acceptors (Lipinski definition) is 3. The van der Waals surface area contributed by atoms with E-state index in [-0.39, 0.29) is 0 Å². The third-order valence-corrected chi connectivity index (χ3v) is 3.33. The fraction of sp³-hybridized carbons (Fsp3) is 0.818. The molecule has 16 heteroatoms. The number of rotatable bonds is 5. The lowest BCUT2D eigenvalue weighted by molar-refractivity contribution is -0.495. The standard InChI is InChI=1S/C11H8F13NO2/c12-5(6(13)14)7(15,16)27-8(9(17,18)19,10(20,21)22)11(23,24)25-1-3-26-4-2-25/h1-4H2. The average molecular weight is 433 g/mol. The molecule has 27 heavy (non-hydrogen) atoms. The van der Waals surface area contributed by atoms with Crippen LogP contribution in [-0.2, 0) is 9.47 Å². The van der Waals surface area contributed by atoms with Crippen LogP contribution in [0.4, 0.5) is 57.1 Å². The summed E-state index contributed by atoms with van der Waals surface area (Å²) in [7, 11) is 0. The minimum atomic E-state index is -7.33. The summed E-state index contributed by atoms with van der Waals surface area (Å²) in [5.74, 6) is -4.18. The molecular weight excluding hydrogens is 425 g/mol. The highest BCUT2D eigenvalue weighted by Crippen LogP contribution is 2.58. The van der Waals surface area contributed by atoms with Crippen LogP contribution in [0.2, 0.25) is 0 Å². The van der Waals surface area contributed by atoms with Crippen molar-refractivity contribution >= 4 is 0 Å². The first-order valence-corrected chi connectivity index (χ1v) is 6.55. The third kappa shape index (κ3) is 4.11. The maximum absolute atomic E-state index is 14.3. The highest BCUT2D eigenvalue weighted by Gasteiger charge is 2.87. The minimum Gasteiger partial charge on any atom is -0.379 e. The Morgan fingerprint density at radius 1 is 0.741 bits per heavy atom. The molecule has 1 heterocycles. The third-order valence-electron chi connectivity index (χ3n) is 3.33. The predicted molar refractivity (Wildman–Crippen MR) is 58.6 cm³/mol. The zero-order valence-electron chi connectivity index (χ0n) is 12.5. The Balaban J connectivity index is 3.69. The molecule has 0 aromatic heterocycles. The second kappa shape index (κ2) is 7.27. The van der Waals surface area contributed by atoms with Crippen molar-refractivity contribution in [1.29, 1.82) is 0 Å². The van der Waals surface area contributed by atoms with Crippen molar-refractivity contribution in [2.24, 2.45) is 0 Å². The van der Waals surface area contributed by atoms with Crippen LogP contribution in [0.3, 0.4) is 0 Å². The van der Waals surface area contributed by atoms with Gasteiger partial charge < -0.3 is 4.74 Å². The molecule has 0 radical (unpaired) electrons. The van der Waals surface area contributed by atoms with Gasteiger partial charge in [0.2, 0.25) is 0 Å². The van der Waals surface area contributed by atoms with E-state index < -0.39 is 73.2 Å². The summed E-state index contributed by atoms with van der Waals surface area (Å²) >= 11 is 0. The van der Waals surface area contributed by atoms with E-state index in [1.54, 1.807) is 0 Å². The van der Waals surface area contributed by atoms with Gasteiger partial charge in [0.1, 0.15) is 0 Å². The first-order valence-electron chi connectivity index (χ1n) is 6.55. The monoisotopic (exact) mass is 433 g/mol. The van der Waals surface area contributed by atoms with Crippen LogP contribution in [0.15, 0.2) is 11.9 Å². The molecule has 160 valence electrons. The number of hydrogen-bond donors (Lipinski definition) is 0. The molecule has 1 fully saturated rings. The number of nitrogens with zero attached hydrogens (tertiary/aromatic N) is 1. The van der Waals surface area contributed by atoms with Crippen molar-refractivity contribution in [2.75, 3.05) is 26.3 Å². The van der Waals surface area contributed by atoms with E-state index in [0.717, 1.165) is 0 Å². The molecule has 1 aliphatic rings. The molecule has 1 aliphatic heterocycles. The average Bonchev–Trinajstić information content (AvgIpc) is 2.50. The maximum Gasteiger partial charge on any atom is 0.434 e. The second-order valence-electron chi connectivity index (χ2n) is 5.01. The van der Waals surface area contributed by atoms with Gasteiger partial charge in [0.05, 0.1) is 13.2 Å². The van der Waals surface area contributed by atoms with E-state index in [9.17, 15) is 57.1 Å². The van der Waals surface area contributed by atoms with Gasteiger partial charge in [-0.3, -0.25) is 4.74 Å². The Bertz CT molecular complexity index is 544. The van der Waals surface area contributed by atoms with Gasteiger partial charge in [-0.1, -0.05) is 0 Å². The van der Waals surface area contributed by atoms with Crippen LogP contribution in [-0.4, -0.2) is 61.3 Å². The van der Waals surface area contributed by atoms with Crippen LogP contribution >= 0.6 is 0 Å². The molecule has 0 spiro atoms. The van der Waals surface area contributed by atoms with Crippen LogP contribution in [0, 0.1) is 0 Å². The van der Waals surface area contributed by atoms with Gasteiger partial charge >= 0.3 is 36.2 Å². The molecule has 0 aliphatic carbocycles. The van der Waals surface area contributed by atoms with E-state index in [2.05, 4.69) is 9.47 Å². The van der Waals surface area contributed by atoms with Crippen LogP contribution < -0.4 is 0 Å². The number of ether oxygens (including phenoxy) is 2. The van der Waals surface area contributed by atoms with E-state index in [1.165, 1.54) is 0 Å². The van der Waals surface area contributed by atoms with Gasteiger partial charge in [0.15, 0.2) is 0 Å². The summed E-state index contributed by atoms with van der Waals surface area (Å²) in [6, 6.07) is -6.30. The van der Waals surface area contributed by atoms with Gasteiger partial charge in [-0.05, 0) is 0 Å². The maximum atomic E-state index is 14.3. The smallest absolute Gasteiger partial charge is 0.379 e. The van der Waals surface area contributed by atoms with Crippen molar-refractivity contribution in [3.05, 3.63) is 11.9 Å². The molecular formula is C11H8F13NO2. The van der Waals surface area contributed by atoms with Gasteiger partial charge in [-0.2, -0.15) is 57.1 Å². The van der Waals surface area contributed by atoms with E-state index in [4.69, 9.17) is 0 Å². The molecule has 0 N–H and O–H groups in total. The van der Waals surface area contributed by atoms with Gasteiger partial charge in [-0.25, -0.2) is 4.90 Å². The number of halogens is 13. The molecule has 0 aromatic carbocycles. The van der Waals surface area contributed by atoms with Crippen molar-refractivity contribution in [1.82, 2.24) is 4.90 Å². The highest BCUT2D eigenvalue weighted by atomic mass is 19.4. The second-order valence-corrected chi connectivity index (χ2v) is 5.01. The lowest BCUT2D eigenvalue weighted by Gasteiger charge is -2.47. The number of alkyl halides is 10. The Labute approximate surface area is 141 Å². The molecule has 0 aromatic rings. The quantitative estimate of drug-likeness (QED) is 0.472. The highest BCUT2D eigenvalue weighted by molar-refractivity contribution is 5.10. The zero-order chi connectivity index (χ0) is 21.5. The Hall–Kier alpha value is -1.29. The minimum absolute atomic E-state index is 0.800. The lowest BCUT2D eigenvalue weighted by Crippen LogP contribution is -2.76. The van der Waals surface area contributed by atoms with Crippen LogP contribution in [0.1, 0.15) is 0 Å². The molecule has 3 nitrogen and oxygen atoms in total. The van der Waals surface area contributed by atoms with Crippen molar-refractivity contribution in [3.8, 4) is 0 Å². The van der Waals surface area contributed by atoms with Gasteiger partial charge in [-0.15, -0.1) is 0 Å². The molecule has 0 unspecified atom stereocenters. The van der Waals surface area contributed by atoms with Crippen molar-refractivity contribution in [2.45, 2.75) is 30.1 Å². The fourth-order valence-corrected chi connectivity index (χ4v) is 2.09. The van der Waals surface area contributed by atoms with E-state index in [0.29, 0.717) is 0 Å². The first-order chi connectivity index (χ1) is 11.9. The largest absolute Gasteiger partial charge is 0.434 e. The summed E-state index contributed by atoms with van der Waals surface area (Å²) in [4.78, 5) is -0.832. The van der Waals surface area contributed by atoms with E-state index >= 15 is 0 Å². The molecule has 1 saturated heterocycles. The summed E-state index contributed by atoms with van der Waals surface area (Å²) in [6.07, 6.45) is -25.4. The summed E-state index contributed by atoms with van der Waals surface area (Å²) in [5, 5.41) is 0. The summed E-state index contributed by atoms with van der Waals surface area (Å²) in [5.41, 5.74) is -7.04. The first kappa shape index (κ1) is 23.7. The van der Waals surface area contributed by atoms with Gasteiger partial charge in [0.25, 0.3) is 5.83 Å². The Morgan fingerprint density at radius 2 is 1.15 bits per heavy atom. The predicted octanol–water partition coefficient (Wildman–Crippen LogP) is 4.46. The topological polar surface area (TPSA) is 21.7 Å².